The van der Waals surface area contributed by atoms with Gasteiger partial charge >= 0.3 is 0 Å². The van der Waals surface area contributed by atoms with Crippen molar-refractivity contribution < 1.29 is 8.42 Å². The van der Waals surface area contributed by atoms with E-state index < -0.39 is 9.84 Å². The van der Waals surface area contributed by atoms with E-state index in [0.29, 0.717) is 11.1 Å². The molecule has 0 atom stereocenters. The van der Waals surface area contributed by atoms with E-state index in [0.717, 1.165) is 5.56 Å². The van der Waals surface area contributed by atoms with Crippen LogP contribution in [0.1, 0.15) is 12.5 Å². The average molecular weight is 307 g/mol. The van der Waals surface area contributed by atoms with E-state index in [4.69, 9.17) is 16.9 Å². The van der Waals surface area contributed by atoms with Crippen molar-refractivity contribution in [2.75, 3.05) is 5.75 Å². The van der Waals surface area contributed by atoms with Crippen molar-refractivity contribution in [1.82, 2.24) is 4.98 Å². The average Bonchev–Trinajstić information content (AvgIpc) is 2.47. The minimum atomic E-state index is -3.42. The molecule has 0 aliphatic rings. The summed E-state index contributed by atoms with van der Waals surface area (Å²) in [5.41, 5.74) is 1.96. The number of nitriles is 1. The van der Waals surface area contributed by atoms with E-state index in [1.54, 1.807) is 31.2 Å². The maximum atomic E-state index is 11.9. The molecule has 0 aliphatic carbocycles. The van der Waals surface area contributed by atoms with Gasteiger partial charge in [-0.05, 0) is 23.8 Å². The third kappa shape index (κ3) is 2.82. The van der Waals surface area contributed by atoms with E-state index in [1.807, 2.05) is 6.07 Å². The molecule has 0 N–H and O–H groups in total. The van der Waals surface area contributed by atoms with E-state index in [9.17, 15) is 8.42 Å². The smallest absolute Gasteiger partial charge is 0.181 e. The summed E-state index contributed by atoms with van der Waals surface area (Å²) in [6.45, 7) is 1.56. The standard InChI is InChI=1S/C14H11ClN2O2S/c1-2-20(18,19)13-7-12(9-17-14(13)15)11-5-3-10(8-16)4-6-11/h3-7,9H,2H2,1H3. The second-order valence-electron chi connectivity index (χ2n) is 4.11. The summed E-state index contributed by atoms with van der Waals surface area (Å²) in [7, 11) is -3.42. The number of benzene rings is 1. The van der Waals surface area contributed by atoms with Crippen LogP contribution in [0, 0.1) is 11.3 Å². The molecule has 0 amide bonds. The van der Waals surface area contributed by atoms with Crippen molar-refractivity contribution in [2.45, 2.75) is 11.8 Å². The van der Waals surface area contributed by atoms with Crippen molar-refractivity contribution >= 4 is 21.4 Å². The van der Waals surface area contributed by atoms with E-state index in [1.165, 1.54) is 12.3 Å². The molecular weight excluding hydrogens is 296 g/mol. The minimum absolute atomic E-state index is 0.0238. The van der Waals surface area contributed by atoms with E-state index in [-0.39, 0.29) is 15.8 Å². The molecule has 0 aliphatic heterocycles. The Morgan fingerprint density at radius 2 is 1.90 bits per heavy atom. The summed E-state index contributed by atoms with van der Waals surface area (Å²) in [5, 5.41) is 8.74. The summed E-state index contributed by atoms with van der Waals surface area (Å²) in [6, 6.07) is 10.3. The zero-order valence-corrected chi connectivity index (χ0v) is 12.2. The molecule has 0 spiro atoms. The number of halogens is 1. The predicted octanol–water partition coefficient (Wildman–Crippen LogP) is 3.07. The highest BCUT2D eigenvalue weighted by Gasteiger charge is 2.17. The van der Waals surface area contributed by atoms with Crippen LogP contribution in [0.25, 0.3) is 11.1 Å². The maximum Gasteiger partial charge on any atom is 0.181 e. The highest BCUT2D eigenvalue weighted by molar-refractivity contribution is 7.91. The van der Waals surface area contributed by atoms with Gasteiger partial charge in [-0.15, -0.1) is 0 Å². The second-order valence-corrected chi connectivity index (χ2v) is 6.71. The quantitative estimate of drug-likeness (QED) is 0.817. The monoisotopic (exact) mass is 306 g/mol. The molecule has 102 valence electrons. The number of hydrogen-bond donors (Lipinski definition) is 0. The Balaban J connectivity index is 2.54. The van der Waals surface area contributed by atoms with Gasteiger partial charge in [0.15, 0.2) is 9.84 Å². The Labute approximate surface area is 122 Å². The van der Waals surface area contributed by atoms with Gasteiger partial charge in [0.25, 0.3) is 0 Å². The normalized spacial score (nSPS) is 11.1. The fraction of sp³-hybridized carbons (Fsp3) is 0.143. The largest absolute Gasteiger partial charge is 0.243 e. The van der Waals surface area contributed by atoms with Crippen molar-refractivity contribution in [3.05, 3.63) is 47.2 Å². The van der Waals surface area contributed by atoms with Crippen LogP contribution in [0.5, 0.6) is 0 Å². The molecule has 0 fully saturated rings. The van der Waals surface area contributed by atoms with Gasteiger partial charge in [-0.2, -0.15) is 5.26 Å². The lowest BCUT2D eigenvalue weighted by atomic mass is 10.1. The Hall–Kier alpha value is -1.90. The molecule has 0 saturated carbocycles. The summed E-state index contributed by atoms with van der Waals surface area (Å²) in [4.78, 5) is 3.96. The maximum absolute atomic E-state index is 11.9. The molecule has 0 bridgehead atoms. The first kappa shape index (κ1) is 14.5. The molecule has 6 heteroatoms. The van der Waals surface area contributed by atoms with E-state index in [2.05, 4.69) is 4.98 Å². The van der Waals surface area contributed by atoms with Crippen LogP contribution in [-0.4, -0.2) is 19.2 Å². The fourth-order valence-corrected chi connectivity index (χ4v) is 3.08. The van der Waals surface area contributed by atoms with E-state index >= 15 is 0 Å². The first-order valence-corrected chi connectivity index (χ1v) is 7.90. The molecule has 2 rings (SSSR count). The number of sulfone groups is 1. The Morgan fingerprint density at radius 3 is 2.45 bits per heavy atom. The third-order valence-corrected chi connectivity index (χ3v) is 5.02. The van der Waals surface area contributed by atoms with Crippen LogP contribution in [0.2, 0.25) is 5.15 Å². The van der Waals surface area contributed by atoms with Crippen molar-refractivity contribution in [3.63, 3.8) is 0 Å². The molecule has 1 heterocycles. The molecule has 4 nitrogen and oxygen atoms in total. The topological polar surface area (TPSA) is 70.8 Å². The van der Waals surface area contributed by atoms with Gasteiger partial charge in [-0.1, -0.05) is 30.7 Å². The highest BCUT2D eigenvalue weighted by Crippen LogP contribution is 2.27. The molecule has 20 heavy (non-hydrogen) atoms. The predicted molar refractivity (Wildman–Crippen MR) is 77.1 cm³/mol. The van der Waals surface area contributed by atoms with Gasteiger partial charge in [0.05, 0.1) is 17.4 Å². The lowest BCUT2D eigenvalue weighted by Gasteiger charge is -2.07. The van der Waals surface area contributed by atoms with Gasteiger partial charge in [0, 0.05) is 11.8 Å². The fourth-order valence-electron chi connectivity index (χ4n) is 1.70. The summed E-state index contributed by atoms with van der Waals surface area (Å²) >= 11 is 5.86. The van der Waals surface area contributed by atoms with Crippen LogP contribution in [0.15, 0.2) is 41.4 Å². The third-order valence-electron chi connectivity index (χ3n) is 2.87. The van der Waals surface area contributed by atoms with Crippen LogP contribution in [-0.2, 0) is 9.84 Å². The molecule has 1 aromatic carbocycles. The number of pyridine rings is 1. The Bertz CT molecular complexity index is 778. The van der Waals surface area contributed by atoms with Gasteiger partial charge in [0.2, 0.25) is 0 Å². The minimum Gasteiger partial charge on any atom is -0.243 e. The molecule has 0 radical (unpaired) electrons. The van der Waals surface area contributed by atoms with Crippen LogP contribution in [0.4, 0.5) is 0 Å². The van der Waals surface area contributed by atoms with Gasteiger partial charge in [-0.25, -0.2) is 13.4 Å². The Kier molecular flexibility index (Phi) is 4.07. The molecule has 1 aromatic heterocycles. The first-order chi connectivity index (χ1) is 9.47. The summed E-state index contributed by atoms with van der Waals surface area (Å²) < 4.78 is 23.9. The Morgan fingerprint density at radius 1 is 1.25 bits per heavy atom. The molecular formula is C14H11ClN2O2S. The first-order valence-electron chi connectivity index (χ1n) is 5.87. The molecule has 2 aromatic rings. The van der Waals surface area contributed by atoms with Crippen molar-refractivity contribution in [3.8, 4) is 17.2 Å². The number of hydrogen-bond acceptors (Lipinski definition) is 4. The zero-order valence-electron chi connectivity index (χ0n) is 10.7. The zero-order chi connectivity index (χ0) is 14.8. The summed E-state index contributed by atoms with van der Waals surface area (Å²) in [6.07, 6.45) is 1.51. The van der Waals surface area contributed by atoms with Gasteiger partial charge < -0.3 is 0 Å². The number of rotatable bonds is 3. The van der Waals surface area contributed by atoms with Gasteiger partial charge in [0.1, 0.15) is 10.0 Å². The lowest BCUT2D eigenvalue weighted by Crippen LogP contribution is -2.05. The SMILES string of the molecule is CCS(=O)(=O)c1cc(-c2ccc(C#N)cc2)cnc1Cl. The molecule has 0 unspecified atom stereocenters. The van der Waals surface area contributed by atoms with Gasteiger partial charge in [-0.3, -0.25) is 0 Å². The van der Waals surface area contributed by atoms with Crippen molar-refractivity contribution in [2.24, 2.45) is 0 Å². The lowest BCUT2D eigenvalue weighted by molar-refractivity contribution is 0.597. The van der Waals surface area contributed by atoms with Crippen LogP contribution >= 0.6 is 11.6 Å². The van der Waals surface area contributed by atoms with Crippen LogP contribution in [0.3, 0.4) is 0 Å². The molecule has 0 saturated heterocycles. The number of aromatic nitrogens is 1. The summed E-state index contributed by atoms with van der Waals surface area (Å²) in [5.74, 6) is -0.0365. The van der Waals surface area contributed by atoms with Crippen molar-refractivity contribution in [1.29, 1.82) is 5.26 Å². The second kappa shape index (κ2) is 5.61. The van der Waals surface area contributed by atoms with Crippen LogP contribution < -0.4 is 0 Å². The highest BCUT2D eigenvalue weighted by atomic mass is 35.5. The number of nitrogens with zero attached hydrogens (tertiary/aromatic N) is 2.